The molecule has 0 saturated heterocycles. The van der Waals surface area contributed by atoms with E-state index in [0.29, 0.717) is 35.0 Å². The Hall–Kier alpha value is -1.23. The van der Waals surface area contributed by atoms with Crippen LogP contribution in [0.15, 0.2) is 24.7 Å². The molecule has 0 unspecified atom stereocenters. The number of hydrogen-bond acceptors (Lipinski definition) is 3. The van der Waals surface area contributed by atoms with Gasteiger partial charge < -0.3 is 14.6 Å². The van der Waals surface area contributed by atoms with E-state index in [0.717, 1.165) is 11.3 Å². The van der Waals surface area contributed by atoms with E-state index in [-0.39, 0.29) is 0 Å². The largest absolute Gasteiger partial charge is 0.485 e. The molecule has 0 spiro atoms. The van der Waals surface area contributed by atoms with Crippen LogP contribution in [0.5, 0.6) is 5.75 Å². The number of benzene rings is 1. The summed E-state index contributed by atoms with van der Waals surface area (Å²) in [6, 6.07) is 4.23. The van der Waals surface area contributed by atoms with Crippen LogP contribution in [0.1, 0.15) is 24.1 Å². The standard InChI is InChI=1S/C15H17Cl2N3O/c1-20-9-18-7-13(20)8-21-15-10(6-19-12-2-3-12)4-11(16)5-14(15)17/h4-5,7,9,12,19H,2-3,6,8H2,1H3. The van der Waals surface area contributed by atoms with Gasteiger partial charge in [0.1, 0.15) is 12.4 Å². The van der Waals surface area contributed by atoms with Gasteiger partial charge in [0, 0.05) is 30.2 Å². The molecule has 1 aliphatic rings. The summed E-state index contributed by atoms with van der Waals surface area (Å²) in [5.74, 6) is 0.690. The van der Waals surface area contributed by atoms with Gasteiger partial charge in [-0.25, -0.2) is 4.98 Å². The topological polar surface area (TPSA) is 39.1 Å². The van der Waals surface area contributed by atoms with Gasteiger partial charge >= 0.3 is 0 Å². The number of nitrogens with zero attached hydrogens (tertiary/aromatic N) is 2. The van der Waals surface area contributed by atoms with E-state index in [4.69, 9.17) is 27.9 Å². The first-order valence-electron chi connectivity index (χ1n) is 6.93. The molecule has 1 heterocycles. The lowest BCUT2D eigenvalue weighted by Gasteiger charge is -2.14. The molecular weight excluding hydrogens is 309 g/mol. The van der Waals surface area contributed by atoms with Crippen molar-refractivity contribution in [1.82, 2.24) is 14.9 Å². The van der Waals surface area contributed by atoms with Crippen LogP contribution in [0.3, 0.4) is 0 Å². The summed E-state index contributed by atoms with van der Waals surface area (Å²) in [6.45, 7) is 1.14. The van der Waals surface area contributed by atoms with Gasteiger partial charge in [-0.2, -0.15) is 0 Å². The van der Waals surface area contributed by atoms with Crippen molar-refractivity contribution in [3.63, 3.8) is 0 Å². The van der Waals surface area contributed by atoms with Gasteiger partial charge in [0.25, 0.3) is 0 Å². The third kappa shape index (κ3) is 3.70. The molecule has 21 heavy (non-hydrogen) atoms. The lowest BCUT2D eigenvalue weighted by molar-refractivity contribution is 0.293. The van der Waals surface area contributed by atoms with E-state index in [1.807, 2.05) is 17.7 Å². The van der Waals surface area contributed by atoms with Crippen LogP contribution >= 0.6 is 23.2 Å². The van der Waals surface area contributed by atoms with Crippen molar-refractivity contribution < 1.29 is 4.74 Å². The molecule has 6 heteroatoms. The number of aromatic nitrogens is 2. The first-order valence-corrected chi connectivity index (χ1v) is 7.68. The molecular formula is C15H17Cl2N3O. The highest BCUT2D eigenvalue weighted by molar-refractivity contribution is 6.35. The number of hydrogen-bond donors (Lipinski definition) is 1. The van der Waals surface area contributed by atoms with Crippen LogP contribution in [-0.2, 0) is 20.2 Å². The van der Waals surface area contributed by atoms with E-state index in [1.165, 1.54) is 12.8 Å². The average Bonchev–Trinajstić information content (AvgIpc) is 3.18. The molecule has 1 N–H and O–H groups in total. The first kappa shape index (κ1) is 14.7. The highest BCUT2D eigenvalue weighted by Crippen LogP contribution is 2.33. The van der Waals surface area contributed by atoms with E-state index >= 15 is 0 Å². The Bertz CT molecular complexity index is 638. The highest BCUT2D eigenvalue weighted by atomic mass is 35.5. The average molecular weight is 326 g/mol. The minimum absolute atomic E-state index is 0.425. The van der Waals surface area contributed by atoms with Gasteiger partial charge in [0.15, 0.2) is 0 Å². The van der Waals surface area contributed by atoms with E-state index in [1.54, 1.807) is 18.6 Å². The number of ether oxygens (including phenoxy) is 1. The second-order valence-electron chi connectivity index (χ2n) is 5.32. The highest BCUT2D eigenvalue weighted by Gasteiger charge is 2.21. The number of rotatable bonds is 6. The van der Waals surface area contributed by atoms with Gasteiger partial charge in [0.05, 0.1) is 23.2 Å². The van der Waals surface area contributed by atoms with Gasteiger partial charge in [-0.05, 0) is 25.0 Å². The fourth-order valence-corrected chi connectivity index (χ4v) is 2.71. The predicted molar refractivity (Wildman–Crippen MR) is 83.9 cm³/mol. The molecule has 1 fully saturated rings. The Labute approximate surface area is 134 Å². The molecule has 1 aliphatic carbocycles. The molecule has 1 saturated carbocycles. The maximum Gasteiger partial charge on any atom is 0.143 e. The van der Waals surface area contributed by atoms with Crippen molar-refractivity contribution in [2.45, 2.75) is 32.0 Å². The van der Waals surface area contributed by atoms with E-state index < -0.39 is 0 Å². The van der Waals surface area contributed by atoms with Crippen LogP contribution in [0.4, 0.5) is 0 Å². The number of halogens is 2. The Morgan fingerprint density at radius 1 is 1.38 bits per heavy atom. The Morgan fingerprint density at radius 3 is 2.86 bits per heavy atom. The second kappa shape index (κ2) is 6.26. The fraction of sp³-hybridized carbons (Fsp3) is 0.400. The summed E-state index contributed by atoms with van der Waals surface area (Å²) < 4.78 is 7.83. The van der Waals surface area contributed by atoms with Gasteiger partial charge in [-0.15, -0.1) is 0 Å². The first-order chi connectivity index (χ1) is 10.1. The molecule has 0 amide bonds. The molecule has 0 atom stereocenters. The number of imidazole rings is 1. The summed E-state index contributed by atoms with van der Waals surface area (Å²) >= 11 is 12.4. The quantitative estimate of drug-likeness (QED) is 0.882. The zero-order valence-electron chi connectivity index (χ0n) is 11.8. The smallest absolute Gasteiger partial charge is 0.143 e. The third-order valence-electron chi connectivity index (χ3n) is 3.52. The normalized spacial score (nSPS) is 14.4. The van der Waals surface area contributed by atoms with Crippen molar-refractivity contribution in [3.8, 4) is 5.75 Å². The van der Waals surface area contributed by atoms with Crippen molar-refractivity contribution in [2.24, 2.45) is 7.05 Å². The molecule has 2 aromatic rings. The molecule has 4 nitrogen and oxygen atoms in total. The summed E-state index contributed by atoms with van der Waals surface area (Å²) in [6.07, 6.45) is 6.00. The number of nitrogens with one attached hydrogen (secondary N) is 1. The van der Waals surface area contributed by atoms with Crippen LogP contribution in [0.25, 0.3) is 0 Å². The maximum absolute atomic E-state index is 6.29. The predicted octanol–water partition coefficient (Wildman–Crippen LogP) is 3.56. The van der Waals surface area contributed by atoms with Crippen LogP contribution in [0.2, 0.25) is 10.0 Å². The molecule has 0 radical (unpaired) electrons. The van der Waals surface area contributed by atoms with Gasteiger partial charge in [-0.3, -0.25) is 0 Å². The lowest BCUT2D eigenvalue weighted by atomic mass is 10.2. The summed E-state index contributed by atoms with van der Waals surface area (Å²) in [4.78, 5) is 4.08. The monoisotopic (exact) mass is 325 g/mol. The Kier molecular flexibility index (Phi) is 4.38. The third-order valence-corrected chi connectivity index (χ3v) is 4.02. The zero-order valence-corrected chi connectivity index (χ0v) is 13.3. The summed E-state index contributed by atoms with van der Waals surface area (Å²) in [5.41, 5.74) is 1.98. The second-order valence-corrected chi connectivity index (χ2v) is 6.16. The summed E-state index contributed by atoms with van der Waals surface area (Å²) in [7, 11) is 1.94. The fourth-order valence-electron chi connectivity index (χ4n) is 2.12. The SMILES string of the molecule is Cn1cncc1COc1c(Cl)cc(Cl)cc1CNC1CC1. The van der Waals surface area contributed by atoms with Crippen LogP contribution < -0.4 is 10.1 Å². The van der Waals surface area contributed by atoms with Gasteiger partial charge in [0.2, 0.25) is 0 Å². The van der Waals surface area contributed by atoms with E-state index in [2.05, 4.69) is 10.3 Å². The molecule has 112 valence electrons. The molecule has 0 aliphatic heterocycles. The summed E-state index contributed by atoms with van der Waals surface area (Å²) in [5, 5.41) is 4.62. The van der Waals surface area contributed by atoms with Crippen LogP contribution in [-0.4, -0.2) is 15.6 Å². The van der Waals surface area contributed by atoms with Gasteiger partial charge in [-0.1, -0.05) is 23.2 Å². The Balaban J connectivity index is 1.76. The molecule has 3 rings (SSSR count). The molecule has 0 bridgehead atoms. The van der Waals surface area contributed by atoms with Crippen molar-refractivity contribution in [1.29, 1.82) is 0 Å². The van der Waals surface area contributed by atoms with E-state index in [9.17, 15) is 0 Å². The number of aryl methyl sites for hydroxylation is 1. The minimum Gasteiger partial charge on any atom is -0.485 e. The zero-order chi connectivity index (χ0) is 14.8. The minimum atomic E-state index is 0.425. The lowest BCUT2D eigenvalue weighted by Crippen LogP contribution is -2.16. The van der Waals surface area contributed by atoms with Crippen molar-refractivity contribution in [2.75, 3.05) is 0 Å². The van der Waals surface area contributed by atoms with Crippen molar-refractivity contribution in [3.05, 3.63) is 46.0 Å². The Morgan fingerprint density at radius 2 is 2.19 bits per heavy atom. The molecule has 1 aromatic carbocycles. The van der Waals surface area contributed by atoms with Crippen LogP contribution in [0, 0.1) is 0 Å². The van der Waals surface area contributed by atoms with Crippen molar-refractivity contribution >= 4 is 23.2 Å². The molecule has 1 aromatic heterocycles. The maximum atomic E-state index is 6.29.